The molecule has 1 aliphatic rings. The summed E-state index contributed by atoms with van der Waals surface area (Å²) >= 11 is 0. The highest BCUT2D eigenvalue weighted by Gasteiger charge is 2.31. The summed E-state index contributed by atoms with van der Waals surface area (Å²) in [5.41, 5.74) is 5.60. The van der Waals surface area contributed by atoms with E-state index in [1.54, 1.807) is 13.0 Å². The lowest BCUT2D eigenvalue weighted by molar-refractivity contribution is -0.274. The highest BCUT2D eigenvalue weighted by molar-refractivity contribution is 5.87. The van der Waals surface area contributed by atoms with E-state index in [0.717, 1.165) is 79.7 Å². The zero-order valence-corrected chi connectivity index (χ0v) is 30.9. The number of ether oxygens (including phenoxy) is 4. The number of aromatic nitrogens is 2. The van der Waals surface area contributed by atoms with Gasteiger partial charge in [0.05, 0.1) is 13.2 Å². The number of fused-ring (bicyclic) bond motifs is 2. The number of benzene rings is 3. The van der Waals surface area contributed by atoms with Gasteiger partial charge in [-0.3, -0.25) is 9.69 Å². The van der Waals surface area contributed by atoms with E-state index >= 15 is 0 Å². The number of nitrogens with zero attached hydrogens (tertiary/aromatic N) is 3. The third kappa shape index (κ3) is 10.6. The Kier molecular flexibility index (Phi) is 13.0. The molecule has 0 bridgehead atoms. The van der Waals surface area contributed by atoms with Gasteiger partial charge in [-0.25, -0.2) is 14.8 Å². The lowest BCUT2D eigenvalue weighted by atomic mass is 9.89. The molecule has 1 atom stereocenters. The third-order valence-corrected chi connectivity index (χ3v) is 9.40. The Bertz CT molecular complexity index is 2070. The Balaban J connectivity index is 1.12. The number of rotatable bonds is 17. The number of hydrogen-bond acceptors (Lipinski definition) is 10. The monoisotopic (exact) mass is 759 g/mol. The highest BCUT2D eigenvalue weighted by Crippen LogP contribution is 2.35. The fourth-order valence-electron chi connectivity index (χ4n) is 6.82. The maximum atomic E-state index is 12.7. The fraction of sp³-hybridized carbons (Fsp3) is 0.381. The molecule has 3 aromatic carbocycles. The summed E-state index contributed by atoms with van der Waals surface area (Å²) in [5, 5.41) is 0. The second-order valence-corrected chi connectivity index (χ2v) is 13.2. The van der Waals surface area contributed by atoms with Gasteiger partial charge in [-0.1, -0.05) is 36.4 Å². The molecule has 0 N–H and O–H groups in total. The second-order valence-electron chi connectivity index (χ2n) is 13.2. The molecule has 0 saturated heterocycles. The second kappa shape index (κ2) is 18.3. The zero-order valence-electron chi connectivity index (χ0n) is 30.9. The predicted octanol–water partition coefficient (Wildman–Crippen LogP) is 9.20. The number of alkyl halides is 3. The van der Waals surface area contributed by atoms with E-state index in [1.807, 2.05) is 55.5 Å². The third-order valence-electron chi connectivity index (χ3n) is 9.40. The molecule has 55 heavy (non-hydrogen) atoms. The van der Waals surface area contributed by atoms with Gasteiger partial charge in [-0.05, 0) is 112 Å². The quantitative estimate of drug-likeness (QED) is 0.0672. The molecule has 2 aromatic heterocycles. The van der Waals surface area contributed by atoms with Gasteiger partial charge in [0.1, 0.15) is 29.3 Å². The van der Waals surface area contributed by atoms with Gasteiger partial charge in [0.15, 0.2) is 5.58 Å². The predicted molar refractivity (Wildman–Crippen MR) is 199 cm³/mol. The van der Waals surface area contributed by atoms with Crippen LogP contribution in [0.4, 0.5) is 13.2 Å². The molecule has 2 heterocycles. The number of unbranched alkanes of at least 4 members (excludes halogenated alkanes) is 1. The van der Waals surface area contributed by atoms with Crippen LogP contribution in [-0.4, -0.2) is 59.5 Å². The Morgan fingerprint density at radius 1 is 0.909 bits per heavy atom. The summed E-state index contributed by atoms with van der Waals surface area (Å²) in [6, 6.07) is 23.1. The summed E-state index contributed by atoms with van der Waals surface area (Å²) in [7, 11) is 0. The van der Waals surface area contributed by atoms with Crippen LogP contribution in [0.5, 0.6) is 11.5 Å². The van der Waals surface area contributed by atoms with Gasteiger partial charge in [-0.2, -0.15) is 0 Å². The normalized spacial score (nSPS) is 14.1. The average Bonchev–Trinajstić information content (AvgIpc) is 3.60. The van der Waals surface area contributed by atoms with Crippen molar-refractivity contribution in [3.63, 3.8) is 0 Å². The van der Waals surface area contributed by atoms with Gasteiger partial charge in [0.2, 0.25) is 5.89 Å². The first kappa shape index (κ1) is 39.3. The van der Waals surface area contributed by atoms with Gasteiger partial charge in [0, 0.05) is 36.3 Å². The number of pyridine rings is 1. The largest absolute Gasteiger partial charge is 0.573 e. The van der Waals surface area contributed by atoms with Crippen LogP contribution in [0.25, 0.3) is 22.6 Å². The first-order chi connectivity index (χ1) is 26.6. The van der Waals surface area contributed by atoms with Crippen LogP contribution < -0.4 is 9.47 Å². The summed E-state index contributed by atoms with van der Waals surface area (Å²) in [5.74, 6) is 0.0807. The Labute approximate surface area is 317 Å². The molecule has 290 valence electrons. The number of esters is 2. The molecule has 0 radical (unpaired) electrons. The first-order valence-electron chi connectivity index (χ1n) is 18.6. The first-order valence-corrected chi connectivity index (χ1v) is 18.6. The van der Waals surface area contributed by atoms with E-state index in [-0.39, 0.29) is 35.8 Å². The topological polar surface area (TPSA) is 113 Å². The van der Waals surface area contributed by atoms with E-state index in [2.05, 4.69) is 20.7 Å². The maximum Gasteiger partial charge on any atom is 0.573 e. The number of carbonyl (C=O) groups is 2. The molecule has 0 saturated carbocycles. The number of oxazole rings is 1. The molecule has 13 heteroatoms. The van der Waals surface area contributed by atoms with Crippen LogP contribution >= 0.6 is 0 Å². The van der Waals surface area contributed by atoms with Crippen LogP contribution in [0.1, 0.15) is 84.9 Å². The lowest BCUT2D eigenvalue weighted by Crippen LogP contribution is -2.34. The van der Waals surface area contributed by atoms with Crippen molar-refractivity contribution in [2.45, 2.75) is 77.8 Å². The molecular formula is C42H44F3N3O7. The minimum atomic E-state index is -4.80. The molecule has 6 rings (SSSR count). The van der Waals surface area contributed by atoms with Crippen LogP contribution in [0.15, 0.2) is 83.3 Å². The van der Waals surface area contributed by atoms with Crippen molar-refractivity contribution in [1.29, 1.82) is 0 Å². The molecule has 0 spiro atoms. The van der Waals surface area contributed by atoms with E-state index in [9.17, 15) is 22.8 Å². The molecule has 10 nitrogen and oxygen atoms in total. The van der Waals surface area contributed by atoms with Gasteiger partial charge in [0.25, 0.3) is 0 Å². The number of para-hydroxylation sites is 1. The summed E-state index contributed by atoms with van der Waals surface area (Å²) in [4.78, 5) is 36.0. The van der Waals surface area contributed by atoms with Crippen molar-refractivity contribution in [1.82, 2.24) is 14.9 Å². The molecule has 5 aromatic rings. The average molecular weight is 760 g/mol. The number of carbonyl (C=O) groups excluding carboxylic acids is 2. The molecule has 0 aliphatic heterocycles. The van der Waals surface area contributed by atoms with E-state index in [0.29, 0.717) is 36.5 Å². The van der Waals surface area contributed by atoms with Crippen molar-refractivity contribution >= 4 is 23.0 Å². The Morgan fingerprint density at radius 2 is 1.71 bits per heavy atom. The SMILES string of the molecule is CCOC(=O)CCCCN(CCc1ccccc1OCc1ccc(-c2nc3cc(OC(F)(F)F)ccc3o2)cc1)C1CCCc2nc(C(=O)OCC)ccc21. The van der Waals surface area contributed by atoms with Crippen molar-refractivity contribution in [2.75, 3.05) is 26.3 Å². The summed E-state index contributed by atoms with van der Waals surface area (Å²) < 4.78 is 64.4. The standard InChI is InChI=1S/C42H44F3N3O7/c1-3-51-39(49)14-7-8-24-48(36-12-9-11-33-32(36)20-21-34(46-33)41(50)52-4-2)25-23-29-10-5-6-13-37(29)53-27-28-15-17-30(18-16-28)40-47-35-26-31(55-42(43,44)45)19-22-38(35)54-40/h5-6,10,13,15-22,26,36H,3-4,7-9,11-12,14,23-25,27H2,1-2H3. The van der Waals surface area contributed by atoms with E-state index in [1.165, 1.54) is 18.2 Å². The van der Waals surface area contributed by atoms with Crippen molar-refractivity contribution in [2.24, 2.45) is 0 Å². The van der Waals surface area contributed by atoms with Crippen molar-refractivity contribution in [3.05, 3.63) is 107 Å². The zero-order chi connectivity index (χ0) is 38.8. The van der Waals surface area contributed by atoms with Gasteiger partial charge >= 0.3 is 18.3 Å². The fourth-order valence-corrected chi connectivity index (χ4v) is 6.82. The minimum absolute atomic E-state index is 0.109. The molecule has 1 unspecified atom stereocenters. The van der Waals surface area contributed by atoms with Crippen LogP contribution in [0.3, 0.4) is 0 Å². The number of halogens is 3. The molecule has 0 amide bonds. The lowest BCUT2D eigenvalue weighted by Gasteiger charge is -2.36. The summed E-state index contributed by atoms with van der Waals surface area (Å²) in [6.45, 7) is 6.07. The molecule has 0 fully saturated rings. The maximum absolute atomic E-state index is 12.7. The number of aryl methyl sites for hydroxylation is 1. The van der Waals surface area contributed by atoms with Gasteiger partial charge < -0.3 is 23.4 Å². The van der Waals surface area contributed by atoms with E-state index in [4.69, 9.17) is 23.6 Å². The van der Waals surface area contributed by atoms with Gasteiger partial charge in [-0.15, -0.1) is 13.2 Å². The van der Waals surface area contributed by atoms with Crippen LogP contribution in [-0.2, 0) is 33.7 Å². The van der Waals surface area contributed by atoms with Crippen molar-refractivity contribution < 1.29 is 46.1 Å². The molecular weight excluding hydrogens is 715 g/mol. The Morgan fingerprint density at radius 3 is 2.49 bits per heavy atom. The Hall–Kier alpha value is -5.43. The number of hydrogen-bond donors (Lipinski definition) is 0. The summed E-state index contributed by atoms with van der Waals surface area (Å²) in [6.07, 6.45) is 0.537. The minimum Gasteiger partial charge on any atom is -0.489 e. The van der Waals surface area contributed by atoms with Crippen LogP contribution in [0, 0.1) is 0 Å². The molecule has 1 aliphatic carbocycles. The van der Waals surface area contributed by atoms with E-state index < -0.39 is 12.3 Å². The highest BCUT2D eigenvalue weighted by atomic mass is 19.4. The smallest absolute Gasteiger partial charge is 0.489 e. The van der Waals surface area contributed by atoms with Crippen LogP contribution in [0.2, 0.25) is 0 Å². The van der Waals surface area contributed by atoms with Crippen molar-refractivity contribution in [3.8, 4) is 23.0 Å².